The molecule has 13 heteroatoms. The number of piperidine rings is 1. The Hall–Kier alpha value is -3.32. The standard InChI is InChI=1S/C25H30F3N3O6S/c1-16(32)29-22(14-17-12-19(36-2)15-20(13-17)37-3)24(33)30-18-8-10-31(11-9-18)38(34,35)23-7-5-4-6-21(23)25(26,27)28/h4-7,12-13,15,18,22H,8-11,14H2,1-3H3,(H,29,32)(H,30,33)/t22-/m1/s1. The number of hydrogen-bond donors (Lipinski definition) is 2. The van der Waals surface area contributed by atoms with Gasteiger partial charge in [0, 0.05) is 38.5 Å². The molecule has 2 amide bonds. The summed E-state index contributed by atoms with van der Waals surface area (Å²) in [6.07, 6.45) is -4.29. The van der Waals surface area contributed by atoms with Gasteiger partial charge in [-0.05, 0) is 42.7 Å². The van der Waals surface area contributed by atoms with Crippen LogP contribution >= 0.6 is 0 Å². The van der Waals surface area contributed by atoms with Gasteiger partial charge in [0.15, 0.2) is 0 Å². The molecule has 1 aliphatic heterocycles. The molecule has 1 saturated heterocycles. The van der Waals surface area contributed by atoms with Gasteiger partial charge in [-0.1, -0.05) is 12.1 Å². The molecular weight excluding hydrogens is 527 g/mol. The second-order valence-corrected chi connectivity index (χ2v) is 10.8. The molecule has 38 heavy (non-hydrogen) atoms. The van der Waals surface area contributed by atoms with Crippen molar-refractivity contribution in [1.29, 1.82) is 0 Å². The van der Waals surface area contributed by atoms with E-state index in [2.05, 4.69) is 10.6 Å². The summed E-state index contributed by atoms with van der Waals surface area (Å²) in [5.41, 5.74) is -0.540. The molecule has 2 N–H and O–H groups in total. The zero-order chi connectivity index (χ0) is 28.1. The molecule has 0 spiro atoms. The molecule has 0 radical (unpaired) electrons. The van der Waals surface area contributed by atoms with Crippen LogP contribution in [0.5, 0.6) is 11.5 Å². The molecule has 3 rings (SSSR count). The highest BCUT2D eigenvalue weighted by Gasteiger charge is 2.40. The Labute approximate surface area is 219 Å². The lowest BCUT2D eigenvalue weighted by molar-refractivity contribution is -0.140. The van der Waals surface area contributed by atoms with Crippen LogP contribution in [0, 0.1) is 0 Å². The van der Waals surface area contributed by atoms with Gasteiger partial charge in [-0.15, -0.1) is 0 Å². The maximum atomic E-state index is 13.4. The van der Waals surface area contributed by atoms with Crippen molar-refractivity contribution in [1.82, 2.24) is 14.9 Å². The first-order valence-electron chi connectivity index (χ1n) is 11.8. The maximum Gasteiger partial charge on any atom is 0.417 e. The van der Waals surface area contributed by atoms with Crippen LogP contribution in [0.25, 0.3) is 0 Å². The first-order chi connectivity index (χ1) is 17.8. The van der Waals surface area contributed by atoms with Crippen LogP contribution in [-0.4, -0.2) is 63.9 Å². The SMILES string of the molecule is COc1cc(C[C@@H](NC(C)=O)C(=O)NC2CCN(S(=O)(=O)c3ccccc3C(F)(F)F)CC2)cc(OC)c1. The maximum absolute atomic E-state index is 13.4. The quantitative estimate of drug-likeness (QED) is 0.490. The summed E-state index contributed by atoms with van der Waals surface area (Å²) in [7, 11) is -1.41. The van der Waals surface area contributed by atoms with Gasteiger partial charge in [0.1, 0.15) is 17.5 Å². The van der Waals surface area contributed by atoms with Crippen molar-refractivity contribution in [2.75, 3.05) is 27.3 Å². The normalized spacial score (nSPS) is 15.9. The van der Waals surface area contributed by atoms with Gasteiger partial charge in [0.2, 0.25) is 21.8 Å². The minimum Gasteiger partial charge on any atom is -0.497 e. The minimum absolute atomic E-state index is 0.0721. The number of carbonyl (C=O) groups excluding carboxylic acids is 2. The summed E-state index contributed by atoms with van der Waals surface area (Å²) in [5.74, 6) is 0.152. The van der Waals surface area contributed by atoms with Gasteiger partial charge >= 0.3 is 6.18 Å². The number of benzene rings is 2. The Morgan fingerprint density at radius 1 is 1.05 bits per heavy atom. The summed E-state index contributed by atoms with van der Waals surface area (Å²) in [6.45, 7) is 1.14. The van der Waals surface area contributed by atoms with E-state index in [1.54, 1.807) is 18.2 Å². The van der Waals surface area contributed by atoms with Crippen LogP contribution < -0.4 is 20.1 Å². The van der Waals surface area contributed by atoms with Crippen molar-refractivity contribution in [3.63, 3.8) is 0 Å². The smallest absolute Gasteiger partial charge is 0.417 e. The lowest BCUT2D eigenvalue weighted by Crippen LogP contribution is -2.53. The molecule has 2 aromatic rings. The van der Waals surface area contributed by atoms with Crippen molar-refractivity contribution < 1.29 is 40.7 Å². The van der Waals surface area contributed by atoms with Gasteiger partial charge in [-0.2, -0.15) is 17.5 Å². The molecule has 208 valence electrons. The summed E-state index contributed by atoms with van der Waals surface area (Å²) in [4.78, 5) is 24.1. The number of rotatable bonds is 9. The molecule has 0 aliphatic carbocycles. The predicted molar refractivity (Wildman–Crippen MR) is 132 cm³/mol. The first-order valence-corrected chi connectivity index (χ1v) is 13.2. The number of sulfonamides is 1. The molecule has 0 aromatic heterocycles. The zero-order valence-corrected chi connectivity index (χ0v) is 22.0. The lowest BCUT2D eigenvalue weighted by Gasteiger charge is -2.33. The Morgan fingerprint density at radius 3 is 2.16 bits per heavy atom. The fourth-order valence-electron chi connectivity index (χ4n) is 4.28. The molecule has 9 nitrogen and oxygen atoms in total. The van der Waals surface area contributed by atoms with Crippen LogP contribution in [0.2, 0.25) is 0 Å². The third-order valence-corrected chi connectivity index (χ3v) is 8.11. The molecule has 1 fully saturated rings. The second kappa shape index (κ2) is 12.0. The minimum atomic E-state index is -4.82. The van der Waals surface area contributed by atoms with Crippen LogP contribution in [-0.2, 0) is 32.2 Å². The lowest BCUT2D eigenvalue weighted by atomic mass is 10.0. The van der Waals surface area contributed by atoms with Crippen molar-refractivity contribution in [2.45, 2.75) is 49.3 Å². The van der Waals surface area contributed by atoms with Gasteiger partial charge < -0.3 is 20.1 Å². The molecule has 1 aliphatic rings. The highest BCUT2D eigenvalue weighted by molar-refractivity contribution is 7.89. The van der Waals surface area contributed by atoms with Crippen molar-refractivity contribution in [3.05, 3.63) is 53.6 Å². The van der Waals surface area contributed by atoms with Gasteiger partial charge in [0.05, 0.1) is 24.7 Å². The van der Waals surface area contributed by atoms with E-state index in [0.717, 1.165) is 22.5 Å². The van der Waals surface area contributed by atoms with E-state index >= 15 is 0 Å². The van der Waals surface area contributed by atoms with E-state index in [1.807, 2.05) is 0 Å². The number of hydrogen-bond acceptors (Lipinski definition) is 6. The highest BCUT2D eigenvalue weighted by atomic mass is 32.2. The number of methoxy groups -OCH3 is 2. The zero-order valence-electron chi connectivity index (χ0n) is 21.2. The topological polar surface area (TPSA) is 114 Å². The monoisotopic (exact) mass is 557 g/mol. The van der Waals surface area contributed by atoms with Crippen LogP contribution in [0.4, 0.5) is 13.2 Å². The van der Waals surface area contributed by atoms with Crippen molar-refractivity contribution in [2.24, 2.45) is 0 Å². The van der Waals surface area contributed by atoms with E-state index in [1.165, 1.54) is 27.2 Å². The van der Waals surface area contributed by atoms with Crippen LogP contribution in [0.3, 0.4) is 0 Å². The van der Waals surface area contributed by atoms with Gasteiger partial charge in [0.25, 0.3) is 0 Å². The molecule has 0 bridgehead atoms. The number of nitrogens with zero attached hydrogens (tertiary/aromatic N) is 1. The predicted octanol–water partition coefficient (Wildman–Crippen LogP) is 2.74. The van der Waals surface area contributed by atoms with E-state index in [-0.39, 0.29) is 32.4 Å². The van der Waals surface area contributed by atoms with Crippen LogP contribution in [0.15, 0.2) is 47.4 Å². The molecule has 2 aromatic carbocycles. The third-order valence-electron chi connectivity index (χ3n) is 6.16. The van der Waals surface area contributed by atoms with E-state index in [9.17, 15) is 31.2 Å². The molecule has 1 heterocycles. The fourth-order valence-corrected chi connectivity index (χ4v) is 5.96. The van der Waals surface area contributed by atoms with Crippen LogP contribution in [0.1, 0.15) is 30.9 Å². The average molecular weight is 558 g/mol. The summed E-state index contributed by atoms with van der Waals surface area (Å²) < 4.78 is 77.6. The molecule has 0 unspecified atom stereocenters. The number of carbonyl (C=O) groups is 2. The largest absolute Gasteiger partial charge is 0.497 e. The fraction of sp³-hybridized carbons (Fsp3) is 0.440. The molecule has 1 atom stereocenters. The Balaban J connectivity index is 1.68. The number of alkyl halides is 3. The van der Waals surface area contributed by atoms with Gasteiger partial charge in [-0.3, -0.25) is 9.59 Å². The molecule has 0 saturated carbocycles. The number of nitrogens with one attached hydrogen (secondary N) is 2. The number of ether oxygens (including phenoxy) is 2. The van der Waals surface area contributed by atoms with Crippen molar-refractivity contribution >= 4 is 21.8 Å². The Morgan fingerprint density at radius 2 is 1.63 bits per heavy atom. The number of halogens is 3. The van der Waals surface area contributed by atoms with E-state index in [4.69, 9.17) is 9.47 Å². The van der Waals surface area contributed by atoms with E-state index < -0.39 is 50.6 Å². The Kier molecular flexibility index (Phi) is 9.26. The number of amides is 2. The highest BCUT2D eigenvalue weighted by Crippen LogP contribution is 2.35. The third kappa shape index (κ3) is 7.16. The summed E-state index contributed by atoms with van der Waals surface area (Å²) in [6, 6.07) is 7.81. The van der Waals surface area contributed by atoms with Crippen molar-refractivity contribution in [3.8, 4) is 11.5 Å². The first kappa shape index (κ1) is 29.2. The summed E-state index contributed by atoms with van der Waals surface area (Å²) in [5, 5.41) is 5.45. The summed E-state index contributed by atoms with van der Waals surface area (Å²) >= 11 is 0. The van der Waals surface area contributed by atoms with E-state index in [0.29, 0.717) is 17.1 Å². The Bertz CT molecular complexity index is 1240. The molecular formula is C25H30F3N3O6S. The van der Waals surface area contributed by atoms with Gasteiger partial charge in [-0.25, -0.2) is 8.42 Å². The average Bonchev–Trinajstić information content (AvgIpc) is 2.87. The second-order valence-electron chi connectivity index (χ2n) is 8.86.